The van der Waals surface area contributed by atoms with E-state index in [1.807, 2.05) is 37.3 Å². The number of aromatic nitrogens is 2. The number of piperidine rings is 1. The van der Waals surface area contributed by atoms with E-state index in [1.54, 1.807) is 6.26 Å². The minimum atomic E-state index is 0.00868. The lowest BCUT2D eigenvalue weighted by Gasteiger charge is -2.29. The fraction of sp³-hybridized carbons (Fsp3) is 0.381. The minimum absolute atomic E-state index is 0.00868. The summed E-state index contributed by atoms with van der Waals surface area (Å²) in [6.07, 6.45) is 3.41. The van der Waals surface area contributed by atoms with Gasteiger partial charge in [-0.05, 0) is 51.1 Å². The lowest BCUT2D eigenvalue weighted by molar-refractivity contribution is -0.122. The van der Waals surface area contributed by atoms with Crippen molar-refractivity contribution in [2.24, 2.45) is 0 Å². The average Bonchev–Trinajstić information content (AvgIpc) is 3.39. The van der Waals surface area contributed by atoms with E-state index in [0.29, 0.717) is 24.8 Å². The van der Waals surface area contributed by atoms with Crippen LogP contribution in [0.3, 0.4) is 0 Å². The van der Waals surface area contributed by atoms with Crippen molar-refractivity contribution in [3.63, 3.8) is 0 Å². The van der Waals surface area contributed by atoms with Gasteiger partial charge >= 0.3 is 0 Å². The van der Waals surface area contributed by atoms with Gasteiger partial charge in [-0.1, -0.05) is 28.9 Å². The van der Waals surface area contributed by atoms with Gasteiger partial charge in [0, 0.05) is 11.5 Å². The number of likely N-dealkylation sites (tertiary alicyclic amines) is 1. The summed E-state index contributed by atoms with van der Waals surface area (Å²) < 4.78 is 10.8. The zero-order valence-corrected chi connectivity index (χ0v) is 15.9. The van der Waals surface area contributed by atoms with Gasteiger partial charge in [-0.25, -0.2) is 0 Å². The van der Waals surface area contributed by atoms with Gasteiger partial charge in [0.2, 0.25) is 17.6 Å². The van der Waals surface area contributed by atoms with Gasteiger partial charge in [0.1, 0.15) is 5.76 Å². The highest BCUT2D eigenvalue weighted by molar-refractivity contribution is 5.77. The molecule has 0 spiro atoms. The molecule has 1 amide bonds. The van der Waals surface area contributed by atoms with Gasteiger partial charge in [-0.2, -0.15) is 4.98 Å². The van der Waals surface area contributed by atoms with Crippen LogP contribution in [0.2, 0.25) is 0 Å². The van der Waals surface area contributed by atoms with Gasteiger partial charge in [0.25, 0.3) is 0 Å². The molecular weight excluding hydrogens is 356 g/mol. The van der Waals surface area contributed by atoms with Crippen LogP contribution in [0.1, 0.15) is 36.0 Å². The first kappa shape index (κ1) is 18.4. The van der Waals surface area contributed by atoms with E-state index in [1.165, 1.54) is 5.56 Å². The normalized spacial score (nSPS) is 15.6. The zero-order valence-electron chi connectivity index (χ0n) is 15.9. The first-order valence-corrected chi connectivity index (χ1v) is 9.59. The second-order valence-electron chi connectivity index (χ2n) is 7.23. The Morgan fingerprint density at radius 3 is 2.86 bits per heavy atom. The summed E-state index contributed by atoms with van der Waals surface area (Å²) in [6.45, 7) is 4.53. The van der Waals surface area contributed by atoms with Gasteiger partial charge in [-0.15, -0.1) is 0 Å². The molecule has 3 aromatic rings. The molecule has 0 aliphatic carbocycles. The van der Waals surface area contributed by atoms with Gasteiger partial charge < -0.3 is 14.3 Å². The highest BCUT2D eigenvalue weighted by Gasteiger charge is 2.26. The number of nitrogens with zero attached hydrogens (tertiary/aromatic N) is 3. The number of aryl methyl sites for hydroxylation is 1. The average molecular weight is 380 g/mol. The molecule has 7 nitrogen and oxygen atoms in total. The van der Waals surface area contributed by atoms with E-state index < -0.39 is 0 Å². The highest BCUT2D eigenvalue weighted by atomic mass is 16.5. The molecule has 1 aromatic carbocycles. The molecule has 7 heteroatoms. The Kier molecular flexibility index (Phi) is 5.53. The highest BCUT2D eigenvalue weighted by Crippen LogP contribution is 2.28. The molecule has 4 rings (SSSR count). The molecule has 1 aliphatic rings. The van der Waals surface area contributed by atoms with Crippen molar-refractivity contribution in [1.29, 1.82) is 0 Å². The SMILES string of the molecule is Cc1cccc(-c2noc(C3CCN(CC(=O)NCc4ccco4)CC3)n2)c1. The standard InChI is InChI=1S/C21H24N4O3/c1-15-4-2-5-17(12-15)20-23-21(28-24-20)16-7-9-25(10-8-16)14-19(26)22-13-18-6-3-11-27-18/h2-6,11-12,16H,7-10,13-14H2,1H3,(H,22,26). The summed E-state index contributed by atoms with van der Waals surface area (Å²) in [5, 5.41) is 7.03. The van der Waals surface area contributed by atoms with Crippen molar-refractivity contribution in [2.75, 3.05) is 19.6 Å². The van der Waals surface area contributed by atoms with Crippen LogP contribution in [0, 0.1) is 6.92 Å². The van der Waals surface area contributed by atoms with Gasteiger partial charge in [0.05, 0.1) is 19.4 Å². The molecule has 1 saturated heterocycles. The second-order valence-corrected chi connectivity index (χ2v) is 7.23. The van der Waals surface area contributed by atoms with Crippen LogP contribution < -0.4 is 5.32 Å². The molecule has 2 aromatic heterocycles. The number of amides is 1. The van der Waals surface area contributed by atoms with E-state index in [-0.39, 0.29) is 11.8 Å². The maximum atomic E-state index is 12.1. The molecule has 0 unspecified atom stereocenters. The molecule has 1 fully saturated rings. The zero-order chi connectivity index (χ0) is 19.3. The maximum Gasteiger partial charge on any atom is 0.234 e. The summed E-state index contributed by atoms with van der Waals surface area (Å²) in [6, 6.07) is 11.8. The fourth-order valence-corrected chi connectivity index (χ4v) is 3.50. The predicted octanol–water partition coefficient (Wildman–Crippen LogP) is 3.13. The number of furan rings is 1. The van der Waals surface area contributed by atoms with Crippen LogP contribution in [-0.4, -0.2) is 40.6 Å². The first-order valence-electron chi connectivity index (χ1n) is 9.59. The Hall–Kier alpha value is -2.93. The third kappa shape index (κ3) is 4.48. The third-order valence-electron chi connectivity index (χ3n) is 5.06. The summed E-state index contributed by atoms with van der Waals surface area (Å²) in [7, 11) is 0. The lowest BCUT2D eigenvalue weighted by Crippen LogP contribution is -2.41. The Balaban J connectivity index is 1.27. The number of hydrogen-bond acceptors (Lipinski definition) is 6. The maximum absolute atomic E-state index is 12.1. The number of nitrogens with one attached hydrogen (secondary N) is 1. The largest absolute Gasteiger partial charge is 0.467 e. The van der Waals surface area contributed by atoms with Crippen LogP contribution in [0.5, 0.6) is 0 Å². The van der Waals surface area contributed by atoms with Crippen molar-refractivity contribution in [3.05, 3.63) is 59.9 Å². The second kappa shape index (κ2) is 8.39. The summed E-state index contributed by atoms with van der Waals surface area (Å²) in [4.78, 5) is 18.9. The minimum Gasteiger partial charge on any atom is -0.467 e. The number of carbonyl (C=O) groups excluding carboxylic acids is 1. The number of hydrogen-bond donors (Lipinski definition) is 1. The van der Waals surface area contributed by atoms with Crippen LogP contribution in [0.15, 0.2) is 51.6 Å². The third-order valence-corrected chi connectivity index (χ3v) is 5.06. The molecule has 0 atom stereocenters. The van der Waals surface area contributed by atoms with Gasteiger partial charge in [0.15, 0.2) is 0 Å². The number of carbonyl (C=O) groups is 1. The number of benzene rings is 1. The monoisotopic (exact) mass is 380 g/mol. The summed E-state index contributed by atoms with van der Waals surface area (Å²) in [5.74, 6) is 2.34. The fourth-order valence-electron chi connectivity index (χ4n) is 3.50. The Morgan fingerprint density at radius 1 is 1.25 bits per heavy atom. The van der Waals surface area contributed by atoms with Crippen molar-refractivity contribution in [2.45, 2.75) is 32.2 Å². The molecule has 0 radical (unpaired) electrons. The van der Waals surface area contributed by atoms with E-state index in [4.69, 9.17) is 8.94 Å². The molecule has 1 N–H and O–H groups in total. The van der Waals surface area contributed by atoms with Crippen molar-refractivity contribution in [1.82, 2.24) is 20.4 Å². The van der Waals surface area contributed by atoms with Crippen LogP contribution in [-0.2, 0) is 11.3 Å². The topological polar surface area (TPSA) is 84.4 Å². The molecule has 0 bridgehead atoms. The molecule has 3 heterocycles. The predicted molar refractivity (Wildman–Crippen MR) is 103 cm³/mol. The van der Waals surface area contributed by atoms with E-state index in [2.05, 4.69) is 26.4 Å². The Bertz CT molecular complexity index is 911. The van der Waals surface area contributed by atoms with Crippen molar-refractivity contribution in [3.8, 4) is 11.4 Å². The Labute approximate surface area is 163 Å². The van der Waals surface area contributed by atoms with Crippen LogP contribution in [0.25, 0.3) is 11.4 Å². The molecule has 0 saturated carbocycles. The quantitative estimate of drug-likeness (QED) is 0.707. The number of rotatable bonds is 6. The molecular formula is C21H24N4O3. The van der Waals surface area contributed by atoms with E-state index >= 15 is 0 Å². The van der Waals surface area contributed by atoms with Gasteiger partial charge in [-0.3, -0.25) is 9.69 Å². The molecule has 146 valence electrons. The van der Waals surface area contributed by atoms with E-state index in [9.17, 15) is 4.79 Å². The molecule has 1 aliphatic heterocycles. The molecule has 28 heavy (non-hydrogen) atoms. The first-order chi connectivity index (χ1) is 13.7. The van der Waals surface area contributed by atoms with E-state index in [0.717, 1.165) is 37.3 Å². The smallest absolute Gasteiger partial charge is 0.234 e. The van der Waals surface area contributed by atoms with Crippen molar-refractivity contribution < 1.29 is 13.7 Å². The Morgan fingerprint density at radius 2 is 2.11 bits per heavy atom. The van der Waals surface area contributed by atoms with Crippen LogP contribution in [0.4, 0.5) is 0 Å². The lowest BCUT2D eigenvalue weighted by atomic mass is 9.97. The van der Waals surface area contributed by atoms with Crippen molar-refractivity contribution >= 4 is 5.91 Å². The summed E-state index contributed by atoms with van der Waals surface area (Å²) in [5.41, 5.74) is 2.14. The summed E-state index contributed by atoms with van der Waals surface area (Å²) >= 11 is 0. The van der Waals surface area contributed by atoms with Crippen LogP contribution >= 0.6 is 0 Å².